The molecule has 4 heteroatoms. The second-order valence-electron chi connectivity index (χ2n) is 7.44. The predicted molar refractivity (Wildman–Crippen MR) is 109 cm³/mol. The van der Waals surface area contributed by atoms with Crippen molar-refractivity contribution in [2.45, 2.75) is 24.9 Å². The Labute approximate surface area is 162 Å². The van der Waals surface area contributed by atoms with Crippen LogP contribution in [0.4, 0.5) is 0 Å². The van der Waals surface area contributed by atoms with Crippen LogP contribution in [0.1, 0.15) is 29.9 Å². The van der Waals surface area contributed by atoms with E-state index < -0.39 is 0 Å². The van der Waals surface area contributed by atoms with Gasteiger partial charge in [-0.2, -0.15) is 0 Å². The summed E-state index contributed by atoms with van der Waals surface area (Å²) in [6.45, 7) is 3.32. The SMILES string of the molecule is CN(C)C(=O)CCN1CCOC(CC(c2ccccc2)c2ccccc2)C1. The topological polar surface area (TPSA) is 32.8 Å². The average Bonchev–Trinajstić information content (AvgIpc) is 2.71. The highest BCUT2D eigenvalue weighted by atomic mass is 16.5. The Morgan fingerprint density at radius 1 is 1.07 bits per heavy atom. The van der Waals surface area contributed by atoms with Crippen LogP contribution in [0.15, 0.2) is 60.7 Å². The normalized spacial score (nSPS) is 17.8. The van der Waals surface area contributed by atoms with Gasteiger partial charge in [-0.1, -0.05) is 60.7 Å². The van der Waals surface area contributed by atoms with Gasteiger partial charge < -0.3 is 9.64 Å². The first kappa shape index (κ1) is 19.6. The molecule has 1 amide bonds. The standard InChI is InChI=1S/C23H30N2O2/c1-24(2)23(26)13-14-25-15-16-27-21(18-25)17-22(19-9-5-3-6-10-19)20-11-7-4-8-12-20/h3-12,21-22H,13-18H2,1-2H3. The number of nitrogens with zero attached hydrogens (tertiary/aromatic N) is 2. The molecule has 1 saturated heterocycles. The second-order valence-corrected chi connectivity index (χ2v) is 7.44. The molecular weight excluding hydrogens is 336 g/mol. The van der Waals surface area contributed by atoms with Gasteiger partial charge in [-0.05, 0) is 17.5 Å². The molecule has 0 spiro atoms. The number of carbonyl (C=O) groups excluding carboxylic acids is 1. The molecule has 0 N–H and O–H groups in total. The van der Waals surface area contributed by atoms with Crippen molar-refractivity contribution in [1.82, 2.24) is 9.80 Å². The fourth-order valence-corrected chi connectivity index (χ4v) is 3.70. The van der Waals surface area contributed by atoms with Crippen LogP contribution in [0.25, 0.3) is 0 Å². The smallest absolute Gasteiger partial charge is 0.223 e. The summed E-state index contributed by atoms with van der Waals surface area (Å²) in [5.41, 5.74) is 2.65. The van der Waals surface area contributed by atoms with Gasteiger partial charge in [0.15, 0.2) is 0 Å². The lowest BCUT2D eigenvalue weighted by Gasteiger charge is -2.35. The molecule has 4 nitrogen and oxygen atoms in total. The maximum atomic E-state index is 11.9. The molecule has 2 aromatic rings. The van der Waals surface area contributed by atoms with Crippen LogP contribution in [-0.4, -0.2) is 62.1 Å². The zero-order valence-electron chi connectivity index (χ0n) is 16.4. The van der Waals surface area contributed by atoms with E-state index in [9.17, 15) is 4.79 Å². The fraction of sp³-hybridized carbons (Fsp3) is 0.435. The first-order chi connectivity index (χ1) is 13.1. The monoisotopic (exact) mass is 366 g/mol. The summed E-state index contributed by atoms with van der Waals surface area (Å²) >= 11 is 0. The zero-order chi connectivity index (χ0) is 19.1. The first-order valence-electron chi connectivity index (χ1n) is 9.77. The Hall–Kier alpha value is -2.17. The Bertz CT molecular complexity index is 663. The quantitative estimate of drug-likeness (QED) is 0.753. The third-order valence-corrected chi connectivity index (χ3v) is 5.27. The van der Waals surface area contributed by atoms with Gasteiger partial charge in [0.05, 0.1) is 12.7 Å². The number of rotatable bonds is 7. The Morgan fingerprint density at radius 2 is 1.67 bits per heavy atom. The summed E-state index contributed by atoms with van der Waals surface area (Å²) in [4.78, 5) is 15.9. The summed E-state index contributed by atoms with van der Waals surface area (Å²) in [6.07, 6.45) is 1.70. The van der Waals surface area contributed by atoms with E-state index in [2.05, 4.69) is 65.6 Å². The van der Waals surface area contributed by atoms with Gasteiger partial charge >= 0.3 is 0 Å². The molecule has 0 saturated carbocycles. The summed E-state index contributed by atoms with van der Waals surface area (Å²) in [5.74, 6) is 0.505. The Balaban J connectivity index is 1.66. The van der Waals surface area contributed by atoms with Crippen molar-refractivity contribution in [1.29, 1.82) is 0 Å². The number of carbonyl (C=O) groups is 1. The van der Waals surface area contributed by atoms with Crippen molar-refractivity contribution in [3.05, 3.63) is 71.8 Å². The second kappa shape index (κ2) is 9.67. The Morgan fingerprint density at radius 3 is 2.22 bits per heavy atom. The third kappa shape index (κ3) is 5.65. The fourth-order valence-electron chi connectivity index (χ4n) is 3.70. The van der Waals surface area contributed by atoms with Crippen molar-refractivity contribution in [2.75, 3.05) is 40.3 Å². The zero-order valence-corrected chi connectivity index (χ0v) is 16.4. The minimum atomic E-state index is 0.179. The number of morpholine rings is 1. The lowest BCUT2D eigenvalue weighted by Crippen LogP contribution is -2.44. The van der Waals surface area contributed by atoms with Gasteiger partial charge in [0.25, 0.3) is 0 Å². The van der Waals surface area contributed by atoms with Crippen LogP contribution >= 0.6 is 0 Å². The van der Waals surface area contributed by atoms with E-state index in [1.54, 1.807) is 4.90 Å². The third-order valence-electron chi connectivity index (χ3n) is 5.27. The molecule has 0 aliphatic carbocycles. The van der Waals surface area contributed by atoms with Gasteiger partial charge in [0.2, 0.25) is 5.91 Å². The van der Waals surface area contributed by atoms with Gasteiger partial charge in [-0.15, -0.1) is 0 Å². The molecule has 0 aromatic heterocycles. The minimum absolute atomic E-state index is 0.179. The molecule has 1 heterocycles. The van der Waals surface area contributed by atoms with Gasteiger partial charge in [-0.3, -0.25) is 9.69 Å². The number of hydrogen-bond donors (Lipinski definition) is 0. The molecule has 27 heavy (non-hydrogen) atoms. The Kier molecular flexibility index (Phi) is 7.02. The molecule has 2 aromatic carbocycles. The van der Waals surface area contributed by atoms with Crippen LogP contribution < -0.4 is 0 Å². The highest BCUT2D eigenvalue weighted by molar-refractivity contribution is 5.75. The van der Waals surface area contributed by atoms with Crippen LogP contribution in [0, 0.1) is 0 Å². The van der Waals surface area contributed by atoms with E-state index in [1.807, 2.05) is 14.1 Å². The van der Waals surface area contributed by atoms with Crippen molar-refractivity contribution in [3.8, 4) is 0 Å². The molecule has 144 valence electrons. The molecule has 3 rings (SSSR count). The van der Waals surface area contributed by atoms with Crippen molar-refractivity contribution in [2.24, 2.45) is 0 Å². The van der Waals surface area contributed by atoms with Crippen LogP contribution in [0.2, 0.25) is 0 Å². The molecule has 1 fully saturated rings. The molecule has 1 aliphatic heterocycles. The van der Waals surface area contributed by atoms with Gasteiger partial charge in [-0.25, -0.2) is 0 Å². The molecule has 0 bridgehead atoms. The lowest BCUT2D eigenvalue weighted by atomic mass is 9.86. The van der Waals surface area contributed by atoms with E-state index in [0.29, 0.717) is 12.3 Å². The van der Waals surface area contributed by atoms with Crippen LogP contribution in [0.5, 0.6) is 0 Å². The van der Waals surface area contributed by atoms with Gasteiger partial charge in [0.1, 0.15) is 0 Å². The summed E-state index contributed by atoms with van der Waals surface area (Å²) < 4.78 is 6.10. The molecule has 1 unspecified atom stereocenters. The number of amides is 1. The van der Waals surface area contributed by atoms with Crippen molar-refractivity contribution < 1.29 is 9.53 Å². The number of hydrogen-bond acceptors (Lipinski definition) is 3. The molecule has 1 aliphatic rings. The minimum Gasteiger partial charge on any atom is -0.376 e. The summed E-state index contributed by atoms with van der Waals surface area (Å²) in [5, 5.41) is 0. The van der Waals surface area contributed by atoms with E-state index in [4.69, 9.17) is 4.74 Å². The largest absolute Gasteiger partial charge is 0.376 e. The maximum Gasteiger partial charge on any atom is 0.223 e. The number of ether oxygens (including phenoxy) is 1. The molecule has 0 radical (unpaired) electrons. The summed E-state index contributed by atoms with van der Waals surface area (Å²) in [6, 6.07) is 21.3. The molecular formula is C23H30N2O2. The van der Waals surface area contributed by atoms with Crippen LogP contribution in [0.3, 0.4) is 0 Å². The summed E-state index contributed by atoms with van der Waals surface area (Å²) in [7, 11) is 3.63. The molecule has 1 atom stereocenters. The average molecular weight is 367 g/mol. The van der Waals surface area contributed by atoms with Crippen molar-refractivity contribution >= 4 is 5.91 Å². The highest BCUT2D eigenvalue weighted by Gasteiger charge is 2.25. The number of benzene rings is 2. The van der Waals surface area contributed by atoms with E-state index in [-0.39, 0.29) is 12.0 Å². The van der Waals surface area contributed by atoms with Crippen molar-refractivity contribution in [3.63, 3.8) is 0 Å². The van der Waals surface area contributed by atoms with E-state index in [1.165, 1.54) is 11.1 Å². The predicted octanol–water partition coefficient (Wildman–Crippen LogP) is 3.39. The maximum absolute atomic E-state index is 11.9. The first-order valence-corrected chi connectivity index (χ1v) is 9.77. The van der Waals surface area contributed by atoms with E-state index in [0.717, 1.165) is 32.7 Å². The highest BCUT2D eigenvalue weighted by Crippen LogP contribution is 2.30. The lowest BCUT2D eigenvalue weighted by molar-refractivity contribution is -0.129. The van der Waals surface area contributed by atoms with Gasteiger partial charge in [0, 0.05) is 46.1 Å². The van der Waals surface area contributed by atoms with E-state index >= 15 is 0 Å². The van der Waals surface area contributed by atoms with Crippen LogP contribution in [-0.2, 0) is 9.53 Å².